The Morgan fingerprint density at radius 1 is 1.42 bits per heavy atom. The first-order valence-electron chi connectivity index (χ1n) is 3.35. The molecule has 0 fully saturated rings. The number of esters is 1. The van der Waals surface area contributed by atoms with Gasteiger partial charge in [-0.3, -0.25) is 0 Å². The molecule has 0 aromatic heterocycles. The molecule has 0 atom stereocenters. The summed E-state index contributed by atoms with van der Waals surface area (Å²) < 4.78 is 4.56. The lowest BCUT2D eigenvalue weighted by molar-refractivity contribution is -0.137. The molecule has 12 heavy (non-hydrogen) atoms. The van der Waals surface area contributed by atoms with Gasteiger partial charge < -0.3 is 9.84 Å². The van der Waals surface area contributed by atoms with Gasteiger partial charge in [0, 0.05) is 12.2 Å². The lowest BCUT2D eigenvalue weighted by Crippen LogP contribution is -2.01. The molecular formula is C8H10O4. The molecule has 0 amide bonds. The van der Waals surface area contributed by atoms with Crippen molar-refractivity contribution in [2.24, 2.45) is 0 Å². The molecule has 0 bridgehead atoms. The van der Waals surface area contributed by atoms with Crippen LogP contribution in [-0.2, 0) is 14.3 Å². The Hall–Kier alpha value is -1.58. The van der Waals surface area contributed by atoms with Gasteiger partial charge in [0.25, 0.3) is 0 Å². The highest BCUT2D eigenvalue weighted by Crippen LogP contribution is 1.83. The first-order valence-corrected chi connectivity index (χ1v) is 3.35. The van der Waals surface area contributed by atoms with Crippen LogP contribution in [0.4, 0.5) is 0 Å². The van der Waals surface area contributed by atoms with Gasteiger partial charge in [-0.2, -0.15) is 0 Å². The Balaban J connectivity index is 3.67. The number of hydrogen-bond acceptors (Lipinski definition) is 3. The first-order chi connectivity index (χ1) is 5.66. The van der Waals surface area contributed by atoms with Crippen molar-refractivity contribution in [3.63, 3.8) is 0 Å². The number of carbonyl (C=O) groups is 2. The van der Waals surface area contributed by atoms with Gasteiger partial charge in [-0.15, -0.1) is 0 Å². The molecule has 0 aromatic rings. The summed E-state index contributed by atoms with van der Waals surface area (Å²) in [5.74, 6) is -1.83. The van der Waals surface area contributed by atoms with Gasteiger partial charge in [-0.25, -0.2) is 9.59 Å². The van der Waals surface area contributed by atoms with E-state index in [9.17, 15) is 9.59 Å². The van der Waals surface area contributed by atoms with E-state index in [1.807, 2.05) is 0 Å². The van der Waals surface area contributed by atoms with E-state index in [0.29, 0.717) is 0 Å². The molecular weight excluding hydrogens is 160 g/mol. The summed E-state index contributed by atoms with van der Waals surface area (Å²) in [6.07, 6.45) is 4.98. The fourth-order valence-electron chi connectivity index (χ4n) is 0.414. The molecule has 1 N–H and O–H groups in total. The van der Waals surface area contributed by atoms with E-state index < -0.39 is 11.9 Å². The van der Waals surface area contributed by atoms with Gasteiger partial charge >= 0.3 is 11.9 Å². The minimum Gasteiger partial charge on any atom is -0.478 e. The SMILES string of the molecule is CC=CCOC(=O)C=CC(=O)O. The Bertz CT molecular complexity index is 215. The van der Waals surface area contributed by atoms with Crippen molar-refractivity contribution in [2.75, 3.05) is 6.61 Å². The number of hydrogen-bond donors (Lipinski definition) is 1. The number of aliphatic carboxylic acids is 1. The fourth-order valence-corrected chi connectivity index (χ4v) is 0.414. The molecule has 0 aliphatic rings. The summed E-state index contributed by atoms with van der Waals surface area (Å²) >= 11 is 0. The van der Waals surface area contributed by atoms with Gasteiger partial charge in [0.1, 0.15) is 6.61 Å². The largest absolute Gasteiger partial charge is 0.478 e. The molecule has 4 heteroatoms. The van der Waals surface area contributed by atoms with Crippen LogP contribution in [0.15, 0.2) is 24.3 Å². The second kappa shape index (κ2) is 6.15. The summed E-state index contributed by atoms with van der Waals surface area (Å²) in [6.45, 7) is 1.96. The van der Waals surface area contributed by atoms with Gasteiger partial charge in [0.15, 0.2) is 0 Å². The highest BCUT2D eigenvalue weighted by Gasteiger charge is 1.94. The average Bonchev–Trinajstić information content (AvgIpc) is 2.01. The maximum atomic E-state index is 10.6. The zero-order valence-corrected chi connectivity index (χ0v) is 6.69. The van der Waals surface area contributed by atoms with E-state index in [1.165, 1.54) is 0 Å². The monoisotopic (exact) mass is 170 g/mol. The predicted molar refractivity (Wildman–Crippen MR) is 42.5 cm³/mol. The second-order valence-corrected chi connectivity index (χ2v) is 1.87. The third-order valence-electron chi connectivity index (χ3n) is 0.920. The Morgan fingerprint density at radius 3 is 2.58 bits per heavy atom. The molecule has 4 nitrogen and oxygen atoms in total. The van der Waals surface area contributed by atoms with Crippen LogP contribution >= 0.6 is 0 Å². The number of carboxylic acids is 1. The fraction of sp³-hybridized carbons (Fsp3) is 0.250. The molecule has 0 radical (unpaired) electrons. The maximum absolute atomic E-state index is 10.6. The van der Waals surface area contributed by atoms with E-state index >= 15 is 0 Å². The highest BCUT2D eigenvalue weighted by molar-refractivity contribution is 5.90. The second-order valence-electron chi connectivity index (χ2n) is 1.87. The third-order valence-corrected chi connectivity index (χ3v) is 0.920. The molecule has 0 rings (SSSR count). The molecule has 0 spiro atoms. The molecule has 0 saturated carbocycles. The number of ether oxygens (including phenoxy) is 1. The lowest BCUT2D eigenvalue weighted by Gasteiger charge is -1.94. The maximum Gasteiger partial charge on any atom is 0.331 e. The smallest absolute Gasteiger partial charge is 0.331 e. The van der Waals surface area contributed by atoms with Gasteiger partial charge in [0.05, 0.1) is 0 Å². The minimum absolute atomic E-state index is 0.166. The standard InChI is InChI=1S/C8H10O4/c1-2-3-6-12-8(11)5-4-7(9)10/h2-5H,6H2,1H3,(H,9,10). The number of carboxylic acid groups (broad SMARTS) is 1. The van der Waals surface area contributed by atoms with Gasteiger partial charge in [-0.1, -0.05) is 12.2 Å². The van der Waals surface area contributed by atoms with Crippen molar-refractivity contribution in [3.8, 4) is 0 Å². The highest BCUT2D eigenvalue weighted by atomic mass is 16.5. The molecule has 0 heterocycles. The van der Waals surface area contributed by atoms with E-state index in [2.05, 4.69) is 4.74 Å². The van der Waals surface area contributed by atoms with Crippen LogP contribution in [0.3, 0.4) is 0 Å². The minimum atomic E-state index is -1.17. The zero-order chi connectivity index (χ0) is 9.40. The van der Waals surface area contributed by atoms with Crippen LogP contribution in [-0.4, -0.2) is 23.7 Å². The van der Waals surface area contributed by atoms with Crippen molar-refractivity contribution in [2.45, 2.75) is 6.92 Å². The van der Waals surface area contributed by atoms with Crippen molar-refractivity contribution in [1.29, 1.82) is 0 Å². The van der Waals surface area contributed by atoms with E-state index in [4.69, 9.17) is 5.11 Å². The molecule has 0 aliphatic carbocycles. The molecule has 0 saturated heterocycles. The number of carbonyl (C=O) groups excluding carboxylic acids is 1. The van der Waals surface area contributed by atoms with Crippen LogP contribution in [0.5, 0.6) is 0 Å². The van der Waals surface area contributed by atoms with Gasteiger partial charge in [0.2, 0.25) is 0 Å². The predicted octanol–water partition coefficient (Wildman–Crippen LogP) is 0.746. The molecule has 0 unspecified atom stereocenters. The topological polar surface area (TPSA) is 63.6 Å². The molecule has 0 aromatic carbocycles. The normalized spacial score (nSPS) is 10.8. The van der Waals surface area contributed by atoms with Crippen LogP contribution in [0, 0.1) is 0 Å². The summed E-state index contributed by atoms with van der Waals surface area (Å²) in [5.41, 5.74) is 0. The van der Waals surface area contributed by atoms with Crippen molar-refractivity contribution >= 4 is 11.9 Å². The van der Waals surface area contributed by atoms with Gasteiger partial charge in [-0.05, 0) is 6.92 Å². The van der Waals surface area contributed by atoms with Crippen LogP contribution < -0.4 is 0 Å². The Morgan fingerprint density at radius 2 is 2.08 bits per heavy atom. The number of rotatable bonds is 4. The average molecular weight is 170 g/mol. The number of allylic oxidation sites excluding steroid dienone is 1. The lowest BCUT2D eigenvalue weighted by atomic mass is 10.5. The van der Waals surface area contributed by atoms with Crippen LogP contribution in [0.25, 0.3) is 0 Å². The van der Waals surface area contributed by atoms with Crippen LogP contribution in [0.2, 0.25) is 0 Å². The van der Waals surface area contributed by atoms with E-state index in [0.717, 1.165) is 12.2 Å². The summed E-state index contributed by atoms with van der Waals surface area (Å²) in [5, 5.41) is 8.13. The summed E-state index contributed by atoms with van der Waals surface area (Å²) in [6, 6.07) is 0. The van der Waals surface area contributed by atoms with E-state index in [1.54, 1.807) is 19.1 Å². The zero-order valence-electron chi connectivity index (χ0n) is 6.69. The summed E-state index contributed by atoms with van der Waals surface area (Å²) in [7, 11) is 0. The first kappa shape index (κ1) is 10.4. The quantitative estimate of drug-likeness (QED) is 0.384. The Labute approximate surface area is 70.1 Å². The van der Waals surface area contributed by atoms with Crippen molar-refractivity contribution < 1.29 is 19.4 Å². The van der Waals surface area contributed by atoms with E-state index in [-0.39, 0.29) is 6.61 Å². The Kier molecular flexibility index (Phi) is 5.34. The molecule has 0 aliphatic heterocycles. The van der Waals surface area contributed by atoms with Crippen molar-refractivity contribution in [3.05, 3.63) is 24.3 Å². The summed E-state index contributed by atoms with van der Waals surface area (Å²) in [4.78, 5) is 20.5. The molecule has 66 valence electrons. The van der Waals surface area contributed by atoms with Crippen LogP contribution in [0.1, 0.15) is 6.92 Å². The third kappa shape index (κ3) is 6.54. The van der Waals surface area contributed by atoms with Crippen molar-refractivity contribution in [1.82, 2.24) is 0 Å².